The first-order chi connectivity index (χ1) is 12.6. The molecule has 1 aliphatic rings. The third-order valence-corrected chi connectivity index (χ3v) is 4.85. The molecule has 0 saturated carbocycles. The van der Waals surface area contributed by atoms with E-state index in [1.807, 2.05) is 35.2 Å². The summed E-state index contributed by atoms with van der Waals surface area (Å²) in [7, 11) is 0. The third-order valence-electron chi connectivity index (χ3n) is 4.85. The van der Waals surface area contributed by atoms with Crippen LogP contribution in [-0.4, -0.2) is 34.9 Å². The van der Waals surface area contributed by atoms with Crippen LogP contribution in [0.3, 0.4) is 0 Å². The Balaban J connectivity index is 1.45. The number of phenolic OH excluding ortho intramolecular Hbond substituents is 1. The van der Waals surface area contributed by atoms with Crippen LogP contribution in [-0.2, 0) is 16.0 Å². The molecule has 26 heavy (non-hydrogen) atoms. The molecule has 0 atom stereocenters. The highest BCUT2D eigenvalue weighted by atomic mass is 16.3. The second-order valence-corrected chi connectivity index (χ2v) is 6.65. The number of anilines is 1. The molecule has 2 aromatic rings. The van der Waals surface area contributed by atoms with Gasteiger partial charge in [0.25, 0.3) is 0 Å². The lowest BCUT2D eigenvalue weighted by Crippen LogP contribution is -2.41. The van der Waals surface area contributed by atoms with Crippen molar-refractivity contribution in [3.63, 3.8) is 0 Å². The van der Waals surface area contributed by atoms with Crippen molar-refractivity contribution in [2.45, 2.75) is 25.7 Å². The number of aryl methyl sites for hydroxylation is 1. The molecule has 1 fully saturated rings. The molecule has 0 radical (unpaired) electrons. The summed E-state index contributed by atoms with van der Waals surface area (Å²) in [5.41, 5.74) is 1.59. The number of hydrogen-bond acceptors (Lipinski definition) is 3. The fourth-order valence-electron chi connectivity index (χ4n) is 3.26. The van der Waals surface area contributed by atoms with Gasteiger partial charge >= 0.3 is 0 Å². The largest absolute Gasteiger partial charge is 0.506 e. The SMILES string of the molecule is O=C(Nc1ccccc1O)C1CCN(C(=O)CCc2ccccc2)CC1. The molecule has 1 heterocycles. The number of piperidine rings is 1. The topological polar surface area (TPSA) is 69.6 Å². The first kappa shape index (κ1) is 18.0. The quantitative estimate of drug-likeness (QED) is 0.812. The predicted molar refractivity (Wildman–Crippen MR) is 101 cm³/mol. The van der Waals surface area contributed by atoms with Crippen LogP contribution in [0.2, 0.25) is 0 Å². The minimum atomic E-state index is -0.132. The van der Waals surface area contributed by atoms with Crippen molar-refractivity contribution in [1.82, 2.24) is 4.90 Å². The van der Waals surface area contributed by atoms with Crippen molar-refractivity contribution in [3.05, 3.63) is 60.2 Å². The van der Waals surface area contributed by atoms with Crippen LogP contribution in [0.4, 0.5) is 5.69 Å². The van der Waals surface area contributed by atoms with E-state index in [-0.39, 0.29) is 23.5 Å². The molecule has 5 heteroatoms. The number of benzene rings is 2. The normalized spacial score (nSPS) is 14.8. The molecule has 2 N–H and O–H groups in total. The Morgan fingerprint density at radius 1 is 1.00 bits per heavy atom. The Kier molecular flexibility index (Phi) is 5.89. The lowest BCUT2D eigenvalue weighted by molar-refractivity contribution is -0.134. The number of hydrogen-bond donors (Lipinski definition) is 2. The van der Waals surface area contributed by atoms with E-state index in [4.69, 9.17) is 0 Å². The van der Waals surface area contributed by atoms with Gasteiger partial charge in [0.1, 0.15) is 5.75 Å². The zero-order valence-electron chi connectivity index (χ0n) is 14.7. The zero-order valence-corrected chi connectivity index (χ0v) is 14.7. The molecular weight excluding hydrogens is 328 g/mol. The summed E-state index contributed by atoms with van der Waals surface area (Å²) in [6.07, 6.45) is 2.54. The molecule has 0 unspecified atom stereocenters. The number of aromatic hydroxyl groups is 1. The standard InChI is InChI=1S/C21H24N2O3/c24-19-9-5-4-8-18(19)22-21(26)17-12-14-23(15-13-17)20(25)11-10-16-6-2-1-3-7-16/h1-9,17,24H,10-15H2,(H,22,26). The van der Waals surface area contributed by atoms with E-state index in [9.17, 15) is 14.7 Å². The fourth-order valence-corrected chi connectivity index (χ4v) is 3.26. The van der Waals surface area contributed by atoms with Gasteiger partial charge in [-0.2, -0.15) is 0 Å². The monoisotopic (exact) mass is 352 g/mol. The van der Waals surface area contributed by atoms with Crippen LogP contribution in [0.15, 0.2) is 54.6 Å². The highest BCUT2D eigenvalue weighted by Gasteiger charge is 2.27. The maximum absolute atomic E-state index is 12.4. The first-order valence-electron chi connectivity index (χ1n) is 9.04. The number of carbonyl (C=O) groups is 2. The van der Waals surface area contributed by atoms with Crippen molar-refractivity contribution in [3.8, 4) is 5.75 Å². The molecule has 0 aromatic heterocycles. The van der Waals surface area contributed by atoms with Gasteiger partial charge in [-0.1, -0.05) is 42.5 Å². The van der Waals surface area contributed by atoms with Gasteiger partial charge in [-0.3, -0.25) is 9.59 Å². The average molecular weight is 352 g/mol. The number of nitrogens with zero attached hydrogens (tertiary/aromatic N) is 1. The Morgan fingerprint density at radius 3 is 2.35 bits per heavy atom. The third kappa shape index (κ3) is 4.63. The van der Waals surface area contributed by atoms with E-state index < -0.39 is 0 Å². The molecule has 3 rings (SSSR count). The lowest BCUT2D eigenvalue weighted by Gasteiger charge is -2.31. The maximum atomic E-state index is 12.4. The number of phenols is 1. The summed E-state index contributed by atoms with van der Waals surface area (Å²) >= 11 is 0. The van der Waals surface area contributed by atoms with Crippen LogP contribution < -0.4 is 5.32 Å². The van der Waals surface area contributed by atoms with Crippen molar-refractivity contribution >= 4 is 17.5 Å². The van der Waals surface area contributed by atoms with Crippen molar-refractivity contribution in [1.29, 1.82) is 0 Å². The molecule has 5 nitrogen and oxygen atoms in total. The predicted octanol–water partition coefficient (Wildman–Crippen LogP) is 3.20. The maximum Gasteiger partial charge on any atom is 0.227 e. The molecule has 1 saturated heterocycles. The molecule has 1 aliphatic heterocycles. The number of rotatable bonds is 5. The van der Waals surface area contributed by atoms with Crippen molar-refractivity contribution < 1.29 is 14.7 Å². The molecule has 0 spiro atoms. The van der Waals surface area contributed by atoms with E-state index in [0.717, 1.165) is 12.0 Å². The number of para-hydroxylation sites is 2. The lowest BCUT2D eigenvalue weighted by atomic mass is 9.95. The summed E-state index contributed by atoms with van der Waals surface area (Å²) in [6.45, 7) is 1.21. The number of carbonyl (C=O) groups excluding carboxylic acids is 2. The van der Waals surface area contributed by atoms with E-state index in [2.05, 4.69) is 5.32 Å². The summed E-state index contributed by atoms with van der Waals surface area (Å²) in [4.78, 5) is 26.6. The van der Waals surface area contributed by atoms with Crippen LogP contribution in [0.25, 0.3) is 0 Å². The van der Waals surface area contributed by atoms with Gasteiger partial charge in [0.2, 0.25) is 11.8 Å². The molecule has 0 aliphatic carbocycles. The van der Waals surface area contributed by atoms with Crippen LogP contribution in [0, 0.1) is 5.92 Å². The van der Waals surface area contributed by atoms with Gasteiger partial charge in [-0.05, 0) is 37.0 Å². The number of nitrogens with one attached hydrogen (secondary N) is 1. The van der Waals surface area contributed by atoms with Gasteiger partial charge in [0.15, 0.2) is 0 Å². The van der Waals surface area contributed by atoms with Crippen molar-refractivity contribution in [2.24, 2.45) is 5.92 Å². The summed E-state index contributed by atoms with van der Waals surface area (Å²) < 4.78 is 0. The van der Waals surface area contributed by atoms with Gasteiger partial charge in [-0.15, -0.1) is 0 Å². The second kappa shape index (κ2) is 8.52. The van der Waals surface area contributed by atoms with Crippen LogP contribution >= 0.6 is 0 Å². The van der Waals surface area contributed by atoms with Gasteiger partial charge in [0.05, 0.1) is 5.69 Å². The molecule has 136 valence electrons. The average Bonchev–Trinajstić information content (AvgIpc) is 2.69. The van der Waals surface area contributed by atoms with E-state index >= 15 is 0 Å². The Morgan fingerprint density at radius 2 is 1.65 bits per heavy atom. The van der Waals surface area contributed by atoms with Crippen molar-refractivity contribution in [2.75, 3.05) is 18.4 Å². The minimum Gasteiger partial charge on any atom is -0.506 e. The summed E-state index contributed by atoms with van der Waals surface area (Å²) in [5, 5.41) is 12.5. The van der Waals surface area contributed by atoms with Gasteiger partial charge in [0, 0.05) is 25.4 Å². The van der Waals surface area contributed by atoms with E-state index in [1.165, 1.54) is 0 Å². The Bertz CT molecular complexity index is 753. The highest BCUT2D eigenvalue weighted by molar-refractivity contribution is 5.94. The highest BCUT2D eigenvalue weighted by Crippen LogP contribution is 2.25. The molecule has 2 aromatic carbocycles. The molecule has 0 bridgehead atoms. The molecule has 2 amide bonds. The smallest absolute Gasteiger partial charge is 0.227 e. The first-order valence-corrected chi connectivity index (χ1v) is 9.04. The fraction of sp³-hybridized carbons (Fsp3) is 0.333. The van der Waals surface area contributed by atoms with Crippen LogP contribution in [0.1, 0.15) is 24.8 Å². The van der Waals surface area contributed by atoms with Gasteiger partial charge in [-0.25, -0.2) is 0 Å². The number of likely N-dealkylation sites (tertiary alicyclic amines) is 1. The van der Waals surface area contributed by atoms with E-state index in [0.29, 0.717) is 38.0 Å². The summed E-state index contributed by atoms with van der Waals surface area (Å²) in [6, 6.07) is 16.7. The summed E-state index contributed by atoms with van der Waals surface area (Å²) in [5.74, 6) is -0.0153. The Labute approximate surface area is 153 Å². The Hall–Kier alpha value is -2.82. The zero-order chi connectivity index (χ0) is 18.4. The molecular formula is C21H24N2O3. The van der Waals surface area contributed by atoms with Crippen LogP contribution in [0.5, 0.6) is 5.75 Å². The van der Waals surface area contributed by atoms with Gasteiger partial charge < -0.3 is 15.3 Å². The minimum absolute atomic E-state index is 0.0642. The number of amides is 2. The second-order valence-electron chi connectivity index (χ2n) is 6.65. The van der Waals surface area contributed by atoms with E-state index in [1.54, 1.807) is 24.3 Å².